The van der Waals surface area contributed by atoms with Crippen LogP contribution >= 0.6 is 15.9 Å². The highest BCUT2D eigenvalue weighted by Crippen LogP contribution is 2.34. The summed E-state index contributed by atoms with van der Waals surface area (Å²) in [5.74, 6) is 0. The summed E-state index contributed by atoms with van der Waals surface area (Å²) in [6.07, 6.45) is 6.09. The van der Waals surface area contributed by atoms with Crippen LogP contribution in [0.3, 0.4) is 0 Å². The Morgan fingerprint density at radius 2 is 1.81 bits per heavy atom. The van der Waals surface area contributed by atoms with Crippen LogP contribution < -0.4 is 0 Å². The molecule has 0 aliphatic heterocycles. The zero-order chi connectivity index (χ0) is 11.3. The molecule has 0 saturated heterocycles. The van der Waals surface area contributed by atoms with Gasteiger partial charge in [-0.2, -0.15) is 0 Å². The molecule has 0 amide bonds. The van der Waals surface area contributed by atoms with Crippen molar-refractivity contribution in [3.05, 3.63) is 35.9 Å². The Morgan fingerprint density at radius 1 is 1.12 bits per heavy atom. The van der Waals surface area contributed by atoms with Crippen LogP contribution in [0, 0.1) is 0 Å². The molecule has 1 aliphatic rings. The van der Waals surface area contributed by atoms with Gasteiger partial charge in [0.05, 0.1) is 12.2 Å². The molecule has 88 valence electrons. The zero-order valence-electron chi connectivity index (χ0n) is 9.62. The largest absolute Gasteiger partial charge is 0.374 e. The molecule has 1 saturated carbocycles. The molecule has 2 heteroatoms. The predicted octanol–water partition coefficient (Wildman–Crippen LogP) is 3.95. The van der Waals surface area contributed by atoms with Gasteiger partial charge in [-0.15, -0.1) is 0 Å². The molecule has 0 bridgehead atoms. The lowest BCUT2D eigenvalue weighted by Gasteiger charge is -2.27. The van der Waals surface area contributed by atoms with E-state index >= 15 is 0 Å². The molecular weight excluding hydrogens is 264 g/mol. The summed E-state index contributed by atoms with van der Waals surface area (Å²) in [4.78, 5) is 0. The third kappa shape index (κ3) is 3.08. The number of hydrogen-bond donors (Lipinski definition) is 0. The Labute approximate surface area is 106 Å². The number of halogens is 1. The molecule has 1 fully saturated rings. The van der Waals surface area contributed by atoms with E-state index in [0.717, 1.165) is 18.4 Å². The maximum Gasteiger partial charge on any atom is 0.0779 e. The first-order chi connectivity index (χ1) is 7.85. The molecular formula is C14H19BrO. The van der Waals surface area contributed by atoms with Crippen LogP contribution in [0.15, 0.2) is 30.3 Å². The van der Waals surface area contributed by atoms with Gasteiger partial charge >= 0.3 is 0 Å². The second-order valence-electron chi connectivity index (χ2n) is 4.61. The van der Waals surface area contributed by atoms with Gasteiger partial charge in [-0.05, 0) is 24.8 Å². The summed E-state index contributed by atoms with van der Waals surface area (Å²) in [7, 11) is 0. The van der Waals surface area contributed by atoms with E-state index in [-0.39, 0.29) is 5.60 Å². The zero-order valence-corrected chi connectivity index (χ0v) is 11.2. The molecule has 0 unspecified atom stereocenters. The fraction of sp³-hybridized carbons (Fsp3) is 0.571. The molecule has 0 atom stereocenters. The molecule has 0 spiro atoms. The first-order valence-corrected chi connectivity index (χ1v) is 7.21. The lowest BCUT2D eigenvalue weighted by molar-refractivity contribution is -0.0197. The Hall–Kier alpha value is -0.340. The summed E-state index contributed by atoms with van der Waals surface area (Å²) in [5, 5.41) is 0.981. The van der Waals surface area contributed by atoms with Gasteiger partial charge < -0.3 is 4.74 Å². The topological polar surface area (TPSA) is 9.23 Å². The predicted molar refractivity (Wildman–Crippen MR) is 71.1 cm³/mol. The van der Waals surface area contributed by atoms with E-state index in [9.17, 15) is 0 Å². The van der Waals surface area contributed by atoms with Gasteiger partial charge in [0.15, 0.2) is 0 Å². The van der Waals surface area contributed by atoms with Crippen molar-refractivity contribution in [3.8, 4) is 0 Å². The molecule has 0 N–H and O–H groups in total. The standard InChI is InChI=1S/C14H19BrO/c15-12-14(9-4-5-10-14)16-11-8-13-6-2-1-3-7-13/h1-3,6-7H,4-5,8-12H2. The van der Waals surface area contributed by atoms with Crippen molar-refractivity contribution in [2.45, 2.75) is 37.7 Å². The molecule has 16 heavy (non-hydrogen) atoms. The van der Waals surface area contributed by atoms with Gasteiger partial charge in [-0.25, -0.2) is 0 Å². The van der Waals surface area contributed by atoms with E-state index in [4.69, 9.17) is 4.74 Å². The van der Waals surface area contributed by atoms with Gasteiger partial charge in [-0.1, -0.05) is 59.1 Å². The lowest BCUT2D eigenvalue weighted by Crippen LogP contribution is -2.31. The van der Waals surface area contributed by atoms with E-state index in [1.807, 2.05) is 0 Å². The first kappa shape index (κ1) is 12.1. The van der Waals surface area contributed by atoms with Crippen LogP contribution in [0.4, 0.5) is 0 Å². The summed E-state index contributed by atoms with van der Waals surface area (Å²) < 4.78 is 6.10. The van der Waals surface area contributed by atoms with Crippen molar-refractivity contribution >= 4 is 15.9 Å². The van der Waals surface area contributed by atoms with E-state index in [1.54, 1.807) is 0 Å². The molecule has 1 nitrogen and oxygen atoms in total. The van der Waals surface area contributed by atoms with E-state index in [1.165, 1.54) is 31.2 Å². The number of hydrogen-bond acceptors (Lipinski definition) is 1. The van der Waals surface area contributed by atoms with Crippen molar-refractivity contribution in [2.75, 3.05) is 11.9 Å². The van der Waals surface area contributed by atoms with Crippen LogP contribution in [0.2, 0.25) is 0 Å². The summed E-state index contributed by atoms with van der Waals surface area (Å²) in [6.45, 7) is 0.843. The molecule has 2 rings (SSSR count). The summed E-state index contributed by atoms with van der Waals surface area (Å²) >= 11 is 3.59. The monoisotopic (exact) mass is 282 g/mol. The van der Waals surface area contributed by atoms with Crippen molar-refractivity contribution < 1.29 is 4.74 Å². The van der Waals surface area contributed by atoms with Crippen molar-refractivity contribution in [1.82, 2.24) is 0 Å². The van der Waals surface area contributed by atoms with Crippen LogP contribution in [-0.4, -0.2) is 17.5 Å². The quantitative estimate of drug-likeness (QED) is 0.743. The molecule has 0 heterocycles. The van der Waals surface area contributed by atoms with Crippen LogP contribution in [0.25, 0.3) is 0 Å². The number of alkyl halides is 1. The Kier molecular flexibility index (Phi) is 4.42. The normalized spacial score (nSPS) is 18.8. The average Bonchev–Trinajstić information content (AvgIpc) is 2.80. The van der Waals surface area contributed by atoms with Crippen LogP contribution in [0.5, 0.6) is 0 Å². The smallest absolute Gasteiger partial charge is 0.0779 e. The van der Waals surface area contributed by atoms with Crippen LogP contribution in [-0.2, 0) is 11.2 Å². The third-order valence-corrected chi connectivity index (χ3v) is 4.42. The lowest BCUT2D eigenvalue weighted by atomic mass is 10.1. The second kappa shape index (κ2) is 5.83. The van der Waals surface area contributed by atoms with E-state index < -0.39 is 0 Å². The Bertz CT molecular complexity index is 304. The minimum Gasteiger partial charge on any atom is -0.374 e. The molecule has 1 aromatic rings. The maximum atomic E-state index is 6.10. The summed E-state index contributed by atoms with van der Waals surface area (Å²) in [6, 6.07) is 10.6. The highest BCUT2D eigenvalue weighted by molar-refractivity contribution is 9.09. The second-order valence-corrected chi connectivity index (χ2v) is 5.17. The number of ether oxygens (including phenoxy) is 1. The number of benzene rings is 1. The highest BCUT2D eigenvalue weighted by Gasteiger charge is 2.33. The van der Waals surface area contributed by atoms with E-state index in [0.29, 0.717) is 0 Å². The van der Waals surface area contributed by atoms with E-state index in [2.05, 4.69) is 46.3 Å². The fourth-order valence-electron chi connectivity index (χ4n) is 2.37. The fourth-order valence-corrected chi connectivity index (χ4v) is 3.09. The first-order valence-electron chi connectivity index (χ1n) is 6.08. The van der Waals surface area contributed by atoms with Gasteiger partial charge in [0.2, 0.25) is 0 Å². The molecule has 0 radical (unpaired) electrons. The average molecular weight is 283 g/mol. The van der Waals surface area contributed by atoms with Crippen molar-refractivity contribution in [2.24, 2.45) is 0 Å². The van der Waals surface area contributed by atoms with Crippen LogP contribution in [0.1, 0.15) is 31.2 Å². The third-order valence-electron chi connectivity index (χ3n) is 3.40. The van der Waals surface area contributed by atoms with Gasteiger partial charge in [0, 0.05) is 5.33 Å². The minimum atomic E-state index is 0.134. The Balaban J connectivity index is 1.79. The SMILES string of the molecule is BrCC1(OCCc2ccccc2)CCCC1. The van der Waals surface area contributed by atoms with Gasteiger partial charge in [-0.3, -0.25) is 0 Å². The van der Waals surface area contributed by atoms with Gasteiger partial charge in [0.1, 0.15) is 0 Å². The molecule has 0 aromatic heterocycles. The van der Waals surface area contributed by atoms with Crippen molar-refractivity contribution in [1.29, 1.82) is 0 Å². The Morgan fingerprint density at radius 3 is 2.44 bits per heavy atom. The summed E-state index contributed by atoms with van der Waals surface area (Å²) in [5.41, 5.74) is 1.50. The van der Waals surface area contributed by atoms with Crippen molar-refractivity contribution in [3.63, 3.8) is 0 Å². The minimum absolute atomic E-state index is 0.134. The molecule has 1 aromatic carbocycles. The number of rotatable bonds is 5. The molecule has 1 aliphatic carbocycles. The van der Waals surface area contributed by atoms with Gasteiger partial charge in [0.25, 0.3) is 0 Å². The highest BCUT2D eigenvalue weighted by atomic mass is 79.9. The maximum absolute atomic E-state index is 6.10.